The van der Waals surface area contributed by atoms with Crippen LogP contribution in [0.4, 0.5) is 4.79 Å². The van der Waals surface area contributed by atoms with Crippen LogP contribution in [0.15, 0.2) is 4.99 Å². The number of guanidine groups is 1. The second-order valence-corrected chi connectivity index (χ2v) is 6.18. The maximum absolute atomic E-state index is 11.5. The first-order valence-corrected chi connectivity index (χ1v) is 8.38. The molecule has 0 aromatic heterocycles. The van der Waals surface area contributed by atoms with Crippen molar-refractivity contribution >= 4 is 12.1 Å². The molecule has 0 bridgehead atoms. The molecule has 6 nitrogen and oxygen atoms in total. The number of alkyl carbamates (subject to hydrolysis) is 1. The minimum absolute atomic E-state index is 0.374. The third-order valence-electron chi connectivity index (χ3n) is 2.69. The fraction of sp³-hybridized carbons (Fsp3) is 0.875. The van der Waals surface area contributed by atoms with Crippen LogP contribution >= 0.6 is 0 Å². The predicted molar refractivity (Wildman–Crippen MR) is 92.4 cm³/mol. The molecule has 0 unspecified atom stereocenters. The highest BCUT2D eigenvalue weighted by Gasteiger charge is 2.15. The van der Waals surface area contributed by atoms with Crippen LogP contribution < -0.4 is 16.0 Å². The van der Waals surface area contributed by atoms with Gasteiger partial charge in [0.2, 0.25) is 0 Å². The predicted octanol–water partition coefficient (Wildman–Crippen LogP) is 2.65. The third-order valence-corrected chi connectivity index (χ3v) is 2.69. The minimum Gasteiger partial charge on any atom is -0.444 e. The highest BCUT2D eigenvalue weighted by Crippen LogP contribution is 2.06. The lowest BCUT2D eigenvalue weighted by atomic mass is 10.2. The van der Waals surface area contributed by atoms with Crippen LogP contribution in [0.1, 0.15) is 60.3 Å². The summed E-state index contributed by atoms with van der Waals surface area (Å²) in [6.45, 7) is 12.8. The van der Waals surface area contributed by atoms with Crippen LogP contribution in [-0.2, 0) is 4.74 Å². The van der Waals surface area contributed by atoms with E-state index in [1.807, 2.05) is 27.7 Å². The van der Waals surface area contributed by atoms with E-state index in [1.165, 1.54) is 12.8 Å². The Morgan fingerprint density at radius 2 is 1.68 bits per heavy atom. The molecular weight excluding hydrogens is 280 g/mol. The summed E-state index contributed by atoms with van der Waals surface area (Å²) < 4.78 is 5.17. The van der Waals surface area contributed by atoms with Crippen molar-refractivity contribution in [2.75, 3.05) is 26.2 Å². The van der Waals surface area contributed by atoms with Crippen molar-refractivity contribution in [3.05, 3.63) is 0 Å². The van der Waals surface area contributed by atoms with E-state index < -0.39 is 5.60 Å². The van der Waals surface area contributed by atoms with E-state index >= 15 is 0 Å². The Hall–Kier alpha value is -1.46. The summed E-state index contributed by atoms with van der Waals surface area (Å²) >= 11 is 0. The highest BCUT2D eigenvalue weighted by molar-refractivity contribution is 5.79. The molecule has 0 rings (SSSR count). The number of carbonyl (C=O) groups is 1. The molecular formula is C16H34N4O2. The first-order valence-electron chi connectivity index (χ1n) is 8.38. The summed E-state index contributed by atoms with van der Waals surface area (Å²) in [5, 5.41) is 9.26. The molecule has 0 aromatic carbocycles. The molecule has 0 aliphatic rings. The van der Waals surface area contributed by atoms with E-state index in [-0.39, 0.29) is 6.09 Å². The highest BCUT2D eigenvalue weighted by atomic mass is 16.6. The van der Waals surface area contributed by atoms with Crippen molar-refractivity contribution in [2.45, 2.75) is 65.9 Å². The lowest BCUT2D eigenvalue weighted by Gasteiger charge is -2.19. The van der Waals surface area contributed by atoms with Gasteiger partial charge >= 0.3 is 6.09 Å². The van der Waals surface area contributed by atoms with Crippen molar-refractivity contribution in [1.29, 1.82) is 0 Å². The van der Waals surface area contributed by atoms with Crippen LogP contribution in [0.25, 0.3) is 0 Å². The number of hydrogen-bond acceptors (Lipinski definition) is 3. The van der Waals surface area contributed by atoms with E-state index in [4.69, 9.17) is 4.74 Å². The Kier molecular flexibility index (Phi) is 11.3. The van der Waals surface area contributed by atoms with Gasteiger partial charge in [0.25, 0.3) is 0 Å². The average Bonchev–Trinajstić information content (AvgIpc) is 2.41. The second kappa shape index (κ2) is 12.1. The Morgan fingerprint density at radius 1 is 1.00 bits per heavy atom. The van der Waals surface area contributed by atoms with Gasteiger partial charge in [0.15, 0.2) is 5.96 Å². The van der Waals surface area contributed by atoms with Crippen molar-refractivity contribution in [1.82, 2.24) is 16.0 Å². The molecule has 0 saturated heterocycles. The van der Waals surface area contributed by atoms with Crippen LogP contribution in [0.5, 0.6) is 0 Å². The summed E-state index contributed by atoms with van der Waals surface area (Å²) in [6.07, 6.45) is 4.00. The Balaban J connectivity index is 3.87. The Bertz CT molecular complexity index is 325. The van der Waals surface area contributed by atoms with Gasteiger partial charge in [-0.25, -0.2) is 4.79 Å². The van der Waals surface area contributed by atoms with E-state index in [9.17, 15) is 4.79 Å². The monoisotopic (exact) mass is 314 g/mol. The average molecular weight is 314 g/mol. The molecule has 3 N–H and O–H groups in total. The number of nitrogens with zero attached hydrogens (tertiary/aromatic N) is 1. The molecule has 0 saturated carbocycles. The van der Waals surface area contributed by atoms with E-state index in [1.54, 1.807) is 0 Å². The number of amides is 1. The molecule has 0 aliphatic carbocycles. The zero-order valence-electron chi connectivity index (χ0n) is 14.9. The molecule has 0 fully saturated rings. The number of aliphatic imine (C=N–C) groups is 1. The Morgan fingerprint density at radius 3 is 2.27 bits per heavy atom. The zero-order chi connectivity index (χ0) is 16.8. The molecule has 0 radical (unpaired) electrons. The minimum atomic E-state index is -0.455. The summed E-state index contributed by atoms with van der Waals surface area (Å²) in [4.78, 5) is 16.0. The quantitative estimate of drug-likeness (QED) is 0.347. The van der Waals surface area contributed by atoms with E-state index in [0.29, 0.717) is 13.1 Å². The van der Waals surface area contributed by atoms with Crippen LogP contribution in [0.2, 0.25) is 0 Å². The van der Waals surface area contributed by atoms with Crippen LogP contribution in [0.3, 0.4) is 0 Å². The van der Waals surface area contributed by atoms with Crippen molar-refractivity contribution in [3.63, 3.8) is 0 Å². The van der Waals surface area contributed by atoms with E-state index in [2.05, 4.69) is 27.9 Å². The number of rotatable bonds is 9. The maximum atomic E-state index is 11.5. The van der Waals surface area contributed by atoms with Gasteiger partial charge in [-0.05, 0) is 40.5 Å². The van der Waals surface area contributed by atoms with Crippen molar-refractivity contribution < 1.29 is 9.53 Å². The maximum Gasteiger partial charge on any atom is 0.407 e. The van der Waals surface area contributed by atoms with Crippen LogP contribution in [-0.4, -0.2) is 43.8 Å². The number of carbonyl (C=O) groups excluding carboxylic acids is 1. The summed E-state index contributed by atoms with van der Waals surface area (Å²) in [5.74, 6) is 0.843. The van der Waals surface area contributed by atoms with Crippen molar-refractivity contribution in [2.24, 2.45) is 4.99 Å². The van der Waals surface area contributed by atoms with Gasteiger partial charge < -0.3 is 20.7 Å². The molecule has 1 amide bonds. The SMILES string of the molecule is CCCCCNC(=NCCCNC(=O)OC(C)(C)C)NCC. The molecule has 0 spiro atoms. The molecule has 6 heteroatoms. The van der Waals surface area contributed by atoms with Gasteiger partial charge in [-0.15, -0.1) is 0 Å². The van der Waals surface area contributed by atoms with Gasteiger partial charge in [-0.1, -0.05) is 19.8 Å². The topological polar surface area (TPSA) is 74.8 Å². The molecule has 0 aromatic rings. The molecule has 0 heterocycles. The standard InChI is InChI=1S/C16H34N4O2/c1-6-8-9-11-18-14(17-7-2)19-12-10-13-20-15(21)22-16(3,4)5/h6-13H2,1-5H3,(H,20,21)(H2,17,18,19). The van der Waals surface area contributed by atoms with Gasteiger partial charge in [0.1, 0.15) is 5.60 Å². The number of nitrogens with one attached hydrogen (secondary N) is 3. The summed E-state index contributed by atoms with van der Waals surface area (Å²) in [6, 6.07) is 0. The smallest absolute Gasteiger partial charge is 0.407 e. The fourth-order valence-corrected chi connectivity index (χ4v) is 1.70. The van der Waals surface area contributed by atoms with Crippen LogP contribution in [0, 0.1) is 0 Å². The normalized spacial score (nSPS) is 12.0. The first-order chi connectivity index (χ1) is 10.4. The third kappa shape index (κ3) is 13.5. The van der Waals surface area contributed by atoms with Gasteiger partial charge in [-0.3, -0.25) is 4.99 Å². The lowest BCUT2D eigenvalue weighted by molar-refractivity contribution is 0.0527. The first kappa shape index (κ1) is 20.5. The number of ether oxygens (including phenoxy) is 1. The molecule has 0 aliphatic heterocycles. The summed E-state index contributed by atoms with van der Waals surface area (Å²) in [7, 11) is 0. The summed E-state index contributed by atoms with van der Waals surface area (Å²) in [5.41, 5.74) is -0.455. The zero-order valence-corrected chi connectivity index (χ0v) is 14.9. The van der Waals surface area contributed by atoms with Gasteiger partial charge in [0.05, 0.1) is 0 Å². The molecule has 0 atom stereocenters. The van der Waals surface area contributed by atoms with E-state index in [0.717, 1.165) is 31.9 Å². The second-order valence-electron chi connectivity index (χ2n) is 6.18. The largest absolute Gasteiger partial charge is 0.444 e. The lowest BCUT2D eigenvalue weighted by Crippen LogP contribution is -2.38. The number of unbranched alkanes of at least 4 members (excludes halogenated alkanes) is 2. The number of hydrogen-bond donors (Lipinski definition) is 3. The van der Waals surface area contributed by atoms with Gasteiger partial charge in [-0.2, -0.15) is 0 Å². The fourth-order valence-electron chi connectivity index (χ4n) is 1.70. The Labute approximate surface area is 135 Å². The molecule has 130 valence electrons. The van der Waals surface area contributed by atoms with Gasteiger partial charge in [0, 0.05) is 26.2 Å². The molecule has 22 heavy (non-hydrogen) atoms. The van der Waals surface area contributed by atoms with Crippen molar-refractivity contribution in [3.8, 4) is 0 Å².